The molecule has 0 atom stereocenters. The Bertz CT molecular complexity index is 449. The van der Waals surface area contributed by atoms with Gasteiger partial charge in [0.1, 0.15) is 5.84 Å². The van der Waals surface area contributed by atoms with Crippen molar-refractivity contribution in [3.05, 3.63) is 17.5 Å². The van der Waals surface area contributed by atoms with Crippen LogP contribution < -0.4 is 5.73 Å². The van der Waals surface area contributed by atoms with Crippen LogP contribution in [0.4, 0.5) is 0 Å². The van der Waals surface area contributed by atoms with Crippen LogP contribution in [0.3, 0.4) is 0 Å². The van der Waals surface area contributed by atoms with E-state index in [0.29, 0.717) is 5.84 Å². The zero-order valence-corrected chi connectivity index (χ0v) is 13.2. The fraction of sp³-hybridized carbons (Fsp3) is 0.733. The summed E-state index contributed by atoms with van der Waals surface area (Å²) in [5.74, 6) is 0.305. The van der Waals surface area contributed by atoms with E-state index in [9.17, 15) is 0 Å². The zero-order valence-electron chi connectivity index (χ0n) is 13.2. The summed E-state index contributed by atoms with van der Waals surface area (Å²) in [5, 5.41) is 16.5. The number of aryl methyl sites for hydroxylation is 3. The number of nitrogens with zero attached hydrogens (tertiary/aromatic N) is 3. The molecule has 1 rings (SSSR count). The van der Waals surface area contributed by atoms with Gasteiger partial charge in [0.05, 0.1) is 5.69 Å². The van der Waals surface area contributed by atoms with Crippen molar-refractivity contribution in [2.45, 2.75) is 66.3 Å². The van der Waals surface area contributed by atoms with E-state index >= 15 is 0 Å². The van der Waals surface area contributed by atoms with E-state index in [1.807, 2.05) is 13.8 Å². The number of hydrogen-bond donors (Lipinski definition) is 2. The zero-order chi connectivity index (χ0) is 15.2. The van der Waals surface area contributed by atoms with Gasteiger partial charge in [0.15, 0.2) is 0 Å². The molecule has 0 unspecified atom stereocenters. The predicted octanol–water partition coefficient (Wildman–Crippen LogP) is 2.95. The van der Waals surface area contributed by atoms with Gasteiger partial charge in [-0.3, -0.25) is 4.68 Å². The van der Waals surface area contributed by atoms with Crippen LogP contribution in [0, 0.1) is 5.41 Å². The van der Waals surface area contributed by atoms with Crippen LogP contribution in [0.25, 0.3) is 0 Å². The SMILES string of the molecule is CCc1cc(CC)n(CCCCC(C)(C)/C(N)=N/O)n1. The van der Waals surface area contributed by atoms with Crippen molar-refractivity contribution in [2.75, 3.05) is 0 Å². The summed E-state index contributed by atoms with van der Waals surface area (Å²) in [6, 6.07) is 2.19. The van der Waals surface area contributed by atoms with E-state index in [0.717, 1.165) is 38.6 Å². The molecule has 3 N–H and O–H groups in total. The standard InChI is InChI=1S/C15H28N4O/c1-5-12-11-13(6-2)19(17-12)10-8-7-9-15(3,4)14(16)18-20/h11,20H,5-10H2,1-4H3,(H2,16,18). The van der Waals surface area contributed by atoms with Gasteiger partial charge < -0.3 is 10.9 Å². The highest BCUT2D eigenvalue weighted by Crippen LogP contribution is 2.23. The largest absolute Gasteiger partial charge is 0.409 e. The second-order valence-electron chi connectivity index (χ2n) is 5.88. The summed E-state index contributed by atoms with van der Waals surface area (Å²) < 4.78 is 2.12. The van der Waals surface area contributed by atoms with Gasteiger partial charge in [0.25, 0.3) is 0 Å². The lowest BCUT2D eigenvalue weighted by Crippen LogP contribution is -2.31. The third-order valence-electron chi connectivity index (χ3n) is 3.86. The quantitative estimate of drug-likeness (QED) is 0.253. The van der Waals surface area contributed by atoms with Crippen molar-refractivity contribution in [1.82, 2.24) is 9.78 Å². The molecule has 0 radical (unpaired) electrons. The molecule has 0 bridgehead atoms. The molecule has 1 aromatic heterocycles. The first-order valence-corrected chi connectivity index (χ1v) is 7.48. The Morgan fingerprint density at radius 1 is 1.35 bits per heavy atom. The lowest BCUT2D eigenvalue weighted by molar-refractivity contribution is 0.303. The molecule has 0 amide bonds. The number of oxime groups is 1. The third kappa shape index (κ3) is 4.25. The molecule has 5 heteroatoms. The van der Waals surface area contributed by atoms with Crippen LogP contribution in [0.2, 0.25) is 0 Å². The first kappa shape index (κ1) is 16.5. The third-order valence-corrected chi connectivity index (χ3v) is 3.86. The van der Waals surface area contributed by atoms with E-state index in [-0.39, 0.29) is 5.41 Å². The molecule has 0 spiro atoms. The molecule has 0 saturated carbocycles. The number of nitrogens with two attached hydrogens (primary N) is 1. The van der Waals surface area contributed by atoms with Crippen molar-refractivity contribution < 1.29 is 5.21 Å². The van der Waals surface area contributed by atoms with Gasteiger partial charge in [-0.25, -0.2) is 0 Å². The van der Waals surface area contributed by atoms with Crippen LogP contribution in [-0.4, -0.2) is 20.8 Å². The maximum Gasteiger partial charge on any atom is 0.144 e. The van der Waals surface area contributed by atoms with Crippen molar-refractivity contribution in [3.8, 4) is 0 Å². The Hall–Kier alpha value is -1.52. The highest BCUT2D eigenvalue weighted by Gasteiger charge is 2.22. The fourth-order valence-corrected chi connectivity index (χ4v) is 2.26. The molecule has 0 aliphatic rings. The van der Waals surface area contributed by atoms with E-state index in [4.69, 9.17) is 10.9 Å². The summed E-state index contributed by atoms with van der Waals surface area (Å²) in [6.45, 7) is 9.24. The van der Waals surface area contributed by atoms with E-state index < -0.39 is 0 Å². The average molecular weight is 280 g/mol. The van der Waals surface area contributed by atoms with Crippen LogP contribution >= 0.6 is 0 Å². The smallest absolute Gasteiger partial charge is 0.144 e. The van der Waals surface area contributed by atoms with Gasteiger partial charge in [-0.2, -0.15) is 5.10 Å². The summed E-state index contributed by atoms with van der Waals surface area (Å²) in [7, 11) is 0. The number of aromatic nitrogens is 2. The van der Waals surface area contributed by atoms with Crippen LogP contribution in [0.1, 0.15) is 58.3 Å². The second-order valence-corrected chi connectivity index (χ2v) is 5.88. The summed E-state index contributed by atoms with van der Waals surface area (Å²) >= 11 is 0. The van der Waals surface area contributed by atoms with E-state index in [1.54, 1.807) is 0 Å². The molecule has 1 heterocycles. The fourth-order valence-electron chi connectivity index (χ4n) is 2.26. The Balaban J connectivity index is 2.47. The molecule has 0 aliphatic heterocycles. The van der Waals surface area contributed by atoms with Crippen LogP contribution in [0.15, 0.2) is 11.2 Å². The molecule has 0 aliphatic carbocycles. The Labute approximate surface area is 121 Å². The van der Waals surface area contributed by atoms with Gasteiger partial charge in [-0.15, -0.1) is 0 Å². The van der Waals surface area contributed by atoms with Gasteiger partial charge in [0.2, 0.25) is 0 Å². The molecular weight excluding hydrogens is 252 g/mol. The minimum atomic E-state index is -0.249. The molecule has 0 fully saturated rings. The van der Waals surface area contributed by atoms with Crippen molar-refractivity contribution >= 4 is 5.84 Å². The van der Waals surface area contributed by atoms with Crippen molar-refractivity contribution in [3.63, 3.8) is 0 Å². The molecule has 0 saturated heterocycles. The lowest BCUT2D eigenvalue weighted by Gasteiger charge is -2.22. The average Bonchev–Trinajstić information content (AvgIpc) is 2.85. The maximum absolute atomic E-state index is 8.75. The highest BCUT2D eigenvalue weighted by atomic mass is 16.4. The summed E-state index contributed by atoms with van der Waals surface area (Å²) in [4.78, 5) is 0. The molecular formula is C15H28N4O. The Morgan fingerprint density at radius 2 is 2.05 bits per heavy atom. The molecule has 5 nitrogen and oxygen atoms in total. The monoisotopic (exact) mass is 280 g/mol. The van der Waals surface area contributed by atoms with Crippen molar-refractivity contribution in [2.24, 2.45) is 16.3 Å². The number of unbranched alkanes of at least 4 members (excludes halogenated alkanes) is 1. The first-order valence-electron chi connectivity index (χ1n) is 7.48. The first-order chi connectivity index (χ1) is 9.44. The van der Waals surface area contributed by atoms with Crippen LogP contribution in [0.5, 0.6) is 0 Å². The molecule has 20 heavy (non-hydrogen) atoms. The lowest BCUT2D eigenvalue weighted by atomic mass is 9.86. The molecule has 0 aromatic carbocycles. The molecule has 1 aromatic rings. The van der Waals surface area contributed by atoms with Gasteiger partial charge in [0, 0.05) is 17.7 Å². The van der Waals surface area contributed by atoms with Crippen molar-refractivity contribution in [1.29, 1.82) is 0 Å². The van der Waals surface area contributed by atoms with E-state index in [2.05, 4.69) is 34.9 Å². The van der Waals surface area contributed by atoms with Crippen LogP contribution in [-0.2, 0) is 19.4 Å². The number of rotatable bonds is 8. The number of amidine groups is 1. The topological polar surface area (TPSA) is 76.4 Å². The second kappa shape index (κ2) is 7.31. The Kier molecular flexibility index (Phi) is 6.05. The van der Waals surface area contributed by atoms with E-state index in [1.165, 1.54) is 11.4 Å². The highest BCUT2D eigenvalue weighted by molar-refractivity contribution is 5.85. The predicted molar refractivity (Wildman–Crippen MR) is 82.0 cm³/mol. The molecule has 114 valence electrons. The number of hydrogen-bond acceptors (Lipinski definition) is 3. The normalized spacial score (nSPS) is 12.9. The minimum Gasteiger partial charge on any atom is -0.409 e. The van der Waals surface area contributed by atoms with Gasteiger partial charge >= 0.3 is 0 Å². The van der Waals surface area contributed by atoms with Gasteiger partial charge in [-0.05, 0) is 31.7 Å². The minimum absolute atomic E-state index is 0.249. The summed E-state index contributed by atoms with van der Waals surface area (Å²) in [5.41, 5.74) is 7.91. The Morgan fingerprint density at radius 3 is 2.60 bits per heavy atom. The summed E-state index contributed by atoms with van der Waals surface area (Å²) in [6.07, 6.45) is 5.00. The van der Waals surface area contributed by atoms with Gasteiger partial charge in [-0.1, -0.05) is 39.3 Å². The maximum atomic E-state index is 8.75.